The van der Waals surface area contributed by atoms with Crippen LogP contribution in [0.25, 0.3) is 0 Å². The molecule has 1 aromatic rings. The van der Waals surface area contributed by atoms with Crippen LogP contribution in [0.4, 0.5) is 8.78 Å². The van der Waals surface area contributed by atoms with Gasteiger partial charge in [0.25, 0.3) is 0 Å². The lowest BCUT2D eigenvalue weighted by atomic mass is 9.90. The summed E-state index contributed by atoms with van der Waals surface area (Å²) >= 11 is 3.00. The maximum Gasteiger partial charge on any atom is 0.140 e. The minimum Gasteiger partial charge on any atom is -0.303 e. The number of nitrogens with one attached hydrogen (secondary N) is 1. The van der Waals surface area contributed by atoms with Crippen molar-refractivity contribution in [1.29, 1.82) is 0 Å². The van der Waals surface area contributed by atoms with E-state index >= 15 is 0 Å². The van der Waals surface area contributed by atoms with Gasteiger partial charge in [0.15, 0.2) is 0 Å². The highest BCUT2D eigenvalue weighted by atomic mass is 79.9. The van der Waals surface area contributed by atoms with Crippen molar-refractivity contribution >= 4 is 33.2 Å². The van der Waals surface area contributed by atoms with E-state index in [0.717, 1.165) is 6.07 Å². The summed E-state index contributed by atoms with van der Waals surface area (Å²) < 4.78 is 42.0. The van der Waals surface area contributed by atoms with Crippen LogP contribution in [0.1, 0.15) is 39.7 Å². The first-order valence-corrected chi connectivity index (χ1v) is 8.24. The molecule has 0 aliphatic carbocycles. The van der Waals surface area contributed by atoms with Crippen LogP contribution in [0.2, 0.25) is 0 Å². The van der Waals surface area contributed by atoms with E-state index in [0.29, 0.717) is 6.29 Å². The number of halogens is 3. The van der Waals surface area contributed by atoms with Crippen molar-refractivity contribution in [2.45, 2.75) is 44.4 Å². The molecule has 0 aromatic heterocycles. The van der Waals surface area contributed by atoms with Gasteiger partial charge in [-0.25, -0.2) is 17.7 Å². The minimum absolute atomic E-state index is 0.0827. The van der Waals surface area contributed by atoms with Gasteiger partial charge >= 0.3 is 0 Å². The molecule has 2 atom stereocenters. The van der Waals surface area contributed by atoms with E-state index in [1.54, 1.807) is 27.7 Å². The zero-order chi connectivity index (χ0) is 16.4. The van der Waals surface area contributed by atoms with Gasteiger partial charge in [0, 0.05) is 18.1 Å². The van der Waals surface area contributed by atoms with Crippen LogP contribution in [0, 0.1) is 11.6 Å². The summed E-state index contributed by atoms with van der Waals surface area (Å²) in [5.74, 6) is -1.53. The third-order valence-electron chi connectivity index (χ3n) is 2.97. The molecule has 0 radical (unpaired) electrons. The fraction of sp³-hybridized carbons (Fsp3) is 0.500. The van der Waals surface area contributed by atoms with Gasteiger partial charge in [-0.2, -0.15) is 0 Å². The molecule has 1 aromatic carbocycles. The van der Waals surface area contributed by atoms with Crippen LogP contribution in [0.15, 0.2) is 16.6 Å². The van der Waals surface area contributed by atoms with E-state index in [1.807, 2.05) is 0 Å². The average molecular weight is 382 g/mol. The van der Waals surface area contributed by atoms with Crippen molar-refractivity contribution in [1.82, 2.24) is 4.72 Å². The van der Waals surface area contributed by atoms with Crippen LogP contribution >= 0.6 is 15.9 Å². The third-order valence-corrected chi connectivity index (χ3v) is 5.33. The first kappa shape index (κ1) is 18.4. The monoisotopic (exact) mass is 381 g/mol. The van der Waals surface area contributed by atoms with E-state index in [4.69, 9.17) is 0 Å². The molecular formula is C14H18BrF2NO2S. The molecule has 0 aliphatic heterocycles. The van der Waals surface area contributed by atoms with Crippen LogP contribution in [-0.2, 0) is 21.3 Å². The fourth-order valence-corrected chi connectivity index (χ4v) is 2.93. The smallest absolute Gasteiger partial charge is 0.140 e. The Morgan fingerprint density at radius 1 is 1.24 bits per heavy atom. The lowest BCUT2D eigenvalue weighted by Crippen LogP contribution is -2.47. The lowest BCUT2D eigenvalue weighted by Gasteiger charge is -2.32. The Labute approximate surface area is 134 Å². The van der Waals surface area contributed by atoms with Crippen molar-refractivity contribution in [3.8, 4) is 0 Å². The number of hydrogen-bond donors (Lipinski definition) is 1. The first-order chi connectivity index (χ1) is 9.51. The number of carbonyl (C=O) groups is 1. The van der Waals surface area contributed by atoms with Gasteiger partial charge in [-0.3, -0.25) is 0 Å². The molecule has 0 fully saturated rings. The Morgan fingerprint density at radius 3 is 2.29 bits per heavy atom. The minimum atomic E-state index is -1.51. The highest BCUT2D eigenvalue weighted by Crippen LogP contribution is 2.31. The second-order valence-electron chi connectivity index (χ2n) is 5.93. The summed E-state index contributed by atoms with van der Waals surface area (Å²) in [5, 5.41) is 0. The van der Waals surface area contributed by atoms with E-state index in [1.165, 1.54) is 6.07 Å². The van der Waals surface area contributed by atoms with Crippen LogP contribution in [-0.4, -0.2) is 15.2 Å². The summed E-state index contributed by atoms with van der Waals surface area (Å²) in [5.41, 5.74) is -1.11. The van der Waals surface area contributed by atoms with E-state index in [9.17, 15) is 17.8 Å². The van der Waals surface area contributed by atoms with Gasteiger partial charge in [-0.05, 0) is 49.7 Å². The standard InChI is InChI=1S/C14H18BrF2NO2S/c1-13(2,3)21(20)18-14(4,5-6-19)9-7-10(15)12(17)8-11(9)16/h6-8,18H,5H2,1-4H3. The quantitative estimate of drug-likeness (QED) is 0.625. The largest absolute Gasteiger partial charge is 0.303 e. The van der Waals surface area contributed by atoms with Crippen molar-refractivity contribution in [2.75, 3.05) is 0 Å². The predicted octanol–water partition coefficient (Wildman–Crippen LogP) is 3.58. The maximum absolute atomic E-state index is 14.1. The fourth-order valence-electron chi connectivity index (χ4n) is 1.68. The second kappa shape index (κ2) is 6.62. The molecule has 0 heterocycles. The first-order valence-electron chi connectivity index (χ1n) is 6.29. The molecule has 0 saturated carbocycles. The van der Waals surface area contributed by atoms with Gasteiger partial charge in [0.1, 0.15) is 17.9 Å². The molecule has 0 saturated heterocycles. The molecule has 0 aliphatic rings. The van der Waals surface area contributed by atoms with Gasteiger partial charge in [0.2, 0.25) is 0 Å². The zero-order valence-electron chi connectivity index (χ0n) is 12.3. The lowest BCUT2D eigenvalue weighted by molar-refractivity contribution is -0.108. The molecular weight excluding hydrogens is 364 g/mol. The Bertz CT molecular complexity index is 575. The van der Waals surface area contributed by atoms with E-state index in [2.05, 4.69) is 20.7 Å². The predicted molar refractivity (Wildman–Crippen MR) is 83.1 cm³/mol. The molecule has 0 amide bonds. The number of aldehydes is 1. The van der Waals surface area contributed by atoms with Gasteiger partial charge < -0.3 is 4.79 Å². The Morgan fingerprint density at radius 2 is 1.81 bits per heavy atom. The number of hydrogen-bond acceptors (Lipinski definition) is 2. The average Bonchev–Trinajstić information content (AvgIpc) is 2.32. The summed E-state index contributed by atoms with van der Waals surface area (Å²) in [4.78, 5) is 10.9. The molecule has 1 rings (SSSR count). The Balaban J connectivity index is 3.31. The summed E-state index contributed by atoms with van der Waals surface area (Å²) in [6.45, 7) is 6.84. The van der Waals surface area contributed by atoms with Gasteiger partial charge in [0.05, 0.1) is 25.7 Å². The summed E-state index contributed by atoms with van der Waals surface area (Å²) in [7, 11) is -1.51. The van der Waals surface area contributed by atoms with Crippen molar-refractivity contribution < 1.29 is 17.8 Å². The maximum atomic E-state index is 14.1. The second-order valence-corrected chi connectivity index (χ2v) is 8.75. The van der Waals surface area contributed by atoms with Crippen LogP contribution < -0.4 is 4.72 Å². The highest BCUT2D eigenvalue weighted by Gasteiger charge is 2.34. The number of rotatable bonds is 5. The Hall–Kier alpha value is -0.660. The van der Waals surface area contributed by atoms with Crippen molar-refractivity contribution in [3.63, 3.8) is 0 Å². The summed E-state index contributed by atoms with van der Waals surface area (Å²) in [6, 6.07) is 2.01. The summed E-state index contributed by atoms with van der Waals surface area (Å²) in [6.07, 6.45) is 0.521. The topological polar surface area (TPSA) is 46.2 Å². The number of carbonyl (C=O) groups excluding carboxylic acids is 1. The molecule has 3 nitrogen and oxygen atoms in total. The normalized spacial score (nSPS) is 16.3. The molecule has 7 heteroatoms. The molecule has 0 bridgehead atoms. The highest BCUT2D eigenvalue weighted by molar-refractivity contribution is 9.10. The van der Waals surface area contributed by atoms with Crippen molar-refractivity contribution in [2.24, 2.45) is 0 Å². The molecule has 2 unspecified atom stereocenters. The molecule has 0 spiro atoms. The molecule has 1 N–H and O–H groups in total. The number of benzene rings is 1. The molecule has 21 heavy (non-hydrogen) atoms. The zero-order valence-corrected chi connectivity index (χ0v) is 14.7. The third kappa shape index (κ3) is 4.40. The Kier molecular flexibility index (Phi) is 5.80. The van der Waals surface area contributed by atoms with Crippen LogP contribution in [0.5, 0.6) is 0 Å². The molecule has 118 valence electrons. The van der Waals surface area contributed by atoms with Gasteiger partial charge in [-0.15, -0.1) is 0 Å². The van der Waals surface area contributed by atoms with Gasteiger partial charge in [-0.1, -0.05) is 0 Å². The SMILES string of the molecule is CC(CC=O)(NS(=O)C(C)(C)C)c1cc(Br)c(F)cc1F. The van der Waals surface area contributed by atoms with Crippen molar-refractivity contribution in [3.05, 3.63) is 33.8 Å². The van der Waals surface area contributed by atoms with Crippen LogP contribution in [0.3, 0.4) is 0 Å². The van der Waals surface area contributed by atoms with E-state index < -0.39 is 32.9 Å². The van der Waals surface area contributed by atoms with E-state index in [-0.39, 0.29) is 16.5 Å².